The van der Waals surface area contributed by atoms with E-state index in [0.717, 1.165) is 16.4 Å². The SMILES string of the molecule is CSc1c(NCc2ccccc2)sc(C(C)=O)c1N. The molecule has 2 aromatic rings. The molecule has 0 bridgehead atoms. The molecule has 5 heteroatoms. The fourth-order valence-electron chi connectivity index (χ4n) is 1.79. The first-order valence-corrected chi connectivity index (χ1v) is 7.92. The maximum atomic E-state index is 11.5. The van der Waals surface area contributed by atoms with Gasteiger partial charge in [-0.3, -0.25) is 4.79 Å². The lowest BCUT2D eigenvalue weighted by Gasteiger charge is -2.06. The van der Waals surface area contributed by atoms with Crippen molar-refractivity contribution in [3.8, 4) is 0 Å². The Bertz CT molecular complexity index is 579. The normalized spacial score (nSPS) is 10.4. The van der Waals surface area contributed by atoms with Crippen LogP contribution in [0.5, 0.6) is 0 Å². The Hall–Kier alpha value is -1.46. The fraction of sp³-hybridized carbons (Fsp3) is 0.214. The largest absolute Gasteiger partial charge is 0.396 e. The molecule has 19 heavy (non-hydrogen) atoms. The smallest absolute Gasteiger partial charge is 0.171 e. The number of carbonyl (C=O) groups is 1. The van der Waals surface area contributed by atoms with E-state index in [-0.39, 0.29) is 5.78 Å². The summed E-state index contributed by atoms with van der Waals surface area (Å²) in [6, 6.07) is 10.1. The molecule has 0 amide bonds. The average Bonchev–Trinajstić information content (AvgIpc) is 2.74. The van der Waals surface area contributed by atoms with Crippen LogP contribution in [0.25, 0.3) is 0 Å². The molecule has 100 valence electrons. The highest BCUT2D eigenvalue weighted by atomic mass is 32.2. The van der Waals surface area contributed by atoms with Gasteiger partial charge in [0.15, 0.2) is 5.78 Å². The molecule has 0 atom stereocenters. The van der Waals surface area contributed by atoms with E-state index in [1.807, 2.05) is 24.5 Å². The third-order valence-electron chi connectivity index (χ3n) is 2.72. The lowest BCUT2D eigenvalue weighted by molar-refractivity contribution is 0.102. The van der Waals surface area contributed by atoms with Crippen LogP contribution in [-0.4, -0.2) is 12.0 Å². The molecule has 0 radical (unpaired) electrons. The minimum atomic E-state index is 0.0190. The van der Waals surface area contributed by atoms with Crippen molar-refractivity contribution in [3.63, 3.8) is 0 Å². The van der Waals surface area contributed by atoms with Crippen LogP contribution in [0.1, 0.15) is 22.2 Å². The van der Waals surface area contributed by atoms with E-state index in [2.05, 4.69) is 17.4 Å². The van der Waals surface area contributed by atoms with Gasteiger partial charge >= 0.3 is 0 Å². The monoisotopic (exact) mass is 292 g/mol. The second kappa shape index (κ2) is 6.12. The van der Waals surface area contributed by atoms with Gasteiger partial charge in [-0.05, 0) is 11.8 Å². The number of ketones is 1. The summed E-state index contributed by atoms with van der Waals surface area (Å²) < 4.78 is 0. The van der Waals surface area contributed by atoms with E-state index in [9.17, 15) is 4.79 Å². The molecule has 3 N–H and O–H groups in total. The standard InChI is InChI=1S/C14H16N2OS2/c1-9(17)12-11(15)13(18-2)14(19-12)16-8-10-6-4-3-5-7-10/h3-7,16H,8,15H2,1-2H3. The van der Waals surface area contributed by atoms with E-state index >= 15 is 0 Å². The first-order chi connectivity index (χ1) is 9.13. The van der Waals surface area contributed by atoms with Crippen molar-refractivity contribution in [2.24, 2.45) is 0 Å². The van der Waals surface area contributed by atoms with Gasteiger partial charge in [-0.15, -0.1) is 23.1 Å². The molecule has 1 aromatic heterocycles. The molecule has 0 fully saturated rings. The van der Waals surface area contributed by atoms with Crippen LogP contribution in [0.2, 0.25) is 0 Å². The van der Waals surface area contributed by atoms with Crippen molar-refractivity contribution in [3.05, 3.63) is 40.8 Å². The quantitative estimate of drug-likeness (QED) is 0.649. The van der Waals surface area contributed by atoms with Gasteiger partial charge in [0, 0.05) is 13.5 Å². The second-order valence-corrected chi connectivity index (χ2v) is 5.94. The number of carbonyl (C=O) groups excluding carboxylic acids is 1. The maximum Gasteiger partial charge on any atom is 0.171 e. The van der Waals surface area contributed by atoms with Gasteiger partial charge in [-0.1, -0.05) is 30.3 Å². The van der Waals surface area contributed by atoms with Crippen LogP contribution < -0.4 is 11.1 Å². The number of benzene rings is 1. The van der Waals surface area contributed by atoms with Crippen LogP contribution in [0.15, 0.2) is 35.2 Å². The number of nitrogens with two attached hydrogens (primary N) is 1. The van der Waals surface area contributed by atoms with Gasteiger partial charge in [-0.2, -0.15) is 0 Å². The summed E-state index contributed by atoms with van der Waals surface area (Å²) in [6.07, 6.45) is 1.97. The van der Waals surface area contributed by atoms with Crippen molar-refractivity contribution >= 4 is 39.6 Å². The molecular formula is C14H16N2OS2. The Labute approximate surface area is 121 Å². The van der Waals surface area contributed by atoms with Gasteiger partial charge in [0.1, 0.15) is 5.00 Å². The molecule has 1 aromatic carbocycles. The van der Waals surface area contributed by atoms with Gasteiger partial charge < -0.3 is 11.1 Å². The van der Waals surface area contributed by atoms with Crippen molar-refractivity contribution in [1.82, 2.24) is 0 Å². The zero-order chi connectivity index (χ0) is 13.8. The molecule has 2 rings (SSSR count). The van der Waals surface area contributed by atoms with Gasteiger partial charge in [0.2, 0.25) is 0 Å². The summed E-state index contributed by atoms with van der Waals surface area (Å²) in [5.74, 6) is 0.0190. The number of rotatable bonds is 5. The average molecular weight is 292 g/mol. The van der Waals surface area contributed by atoms with E-state index in [0.29, 0.717) is 10.6 Å². The van der Waals surface area contributed by atoms with Crippen molar-refractivity contribution in [2.45, 2.75) is 18.4 Å². The van der Waals surface area contributed by atoms with Crippen LogP contribution in [0.3, 0.4) is 0 Å². The van der Waals surface area contributed by atoms with Gasteiger partial charge in [0.05, 0.1) is 15.5 Å². The summed E-state index contributed by atoms with van der Waals surface area (Å²) in [4.78, 5) is 13.1. The highest BCUT2D eigenvalue weighted by Gasteiger charge is 2.17. The summed E-state index contributed by atoms with van der Waals surface area (Å²) in [6.45, 7) is 2.28. The minimum Gasteiger partial charge on any atom is -0.396 e. The summed E-state index contributed by atoms with van der Waals surface area (Å²) in [5.41, 5.74) is 7.81. The molecule has 0 aliphatic rings. The lowest BCUT2D eigenvalue weighted by Crippen LogP contribution is -1.98. The zero-order valence-electron chi connectivity index (χ0n) is 10.9. The first-order valence-electron chi connectivity index (χ1n) is 5.88. The zero-order valence-corrected chi connectivity index (χ0v) is 12.5. The van der Waals surface area contributed by atoms with Gasteiger partial charge in [0.25, 0.3) is 0 Å². The number of thiophene rings is 1. The van der Waals surface area contributed by atoms with Crippen molar-refractivity contribution in [1.29, 1.82) is 0 Å². The Morgan fingerprint density at radius 3 is 2.63 bits per heavy atom. The summed E-state index contributed by atoms with van der Waals surface area (Å²) in [5, 5.41) is 4.33. The number of anilines is 2. The van der Waals surface area contributed by atoms with Crippen LogP contribution in [0.4, 0.5) is 10.7 Å². The first kappa shape index (κ1) is 14.0. The molecule has 0 spiro atoms. The third-order valence-corrected chi connectivity index (χ3v) is 4.94. The van der Waals surface area contributed by atoms with Crippen molar-refractivity contribution in [2.75, 3.05) is 17.3 Å². The highest BCUT2D eigenvalue weighted by molar-refractivity contribution is 7.99. The van der Waals surface area contributed by atoms with E-state index in [4.69, 9.17) is 5.73 Å². The molecule has 0 aliphatic carbocycles. The summed E-state index contributed by atoms with van der Waals surface area (Å²) >= 11 is 3.00. The summed E-state index contributed by atoms with van der Waals surface area (Å²) in [7, 11) is 0. The third kappa shape index (κ3) is 3.11. The molecule has 0 unspecified atom stereocenters. The molecule has 0 aliphatic heterocycles. The number of nitrogens with one attached hydrogen (secondary N) is 1. The van der Waals surface area contributed by atoms with Gasteiger partial charge in [-0.25, -0.2) is 0 Å². The highest BCUT2D eigenvalue weighted by Crippen LogP contribution is 2.41. The Morgan fingerprint density at radius 1 is 1.37 bits per heavy atom. The topological polar surface area (TPSA) is 55.1 Å². The molecular weight excluding hydrogens is 276 g/mol. The number of hydrogen-bond donors (Lipinski definition) is 2. The Kier molecular flexibility index (Phi) is 4.50. The number of nitrogen functional groups attached to an aromatic ring is 1. The van der Waals surface area contributed by atoms with Crippen LogP contribution in [-0.2, 0) is 6.54 Å². The second-order valence-electron chi connectivity index (χ2n) is 4.10. The predicted octanol–water partition coefficient (Wildman–Crippen LogP) is 3.87. The van der Waals surface area contributed by atoms with Crippen molar-refractivity contribution < 1.29 is 4.79 Å². The Morgan fingerprint density at radius 2 is 2.05 bits per heavy atom. The maximum absolute atomic E-state index is 11.5. The van der Waals surface area contributed by atoms with Crippen LogP contribution >= 0.6 is 23.1 Å². The number of hydrogen-bond acceptors (Lipinski definition) is 5. The molecule has 1 heterocycles. The van der Waals surface area contributed by atoms with E-state index < -0.39 is 0 Å². The number of Topliss-reactive ketones (excluding diaryl/α,β-unsaturated/α-hetero) is 1. The Balaban J connectivity index is 2.20. The minimum absolute atomic E-state index is 0.0190. The van der Waals surface area contributed by atoms with E-state index in [1.54, 1.807) is 18.7 Å². The van der Waals surface area contributed by atoms with E-state index in [1.165, 1.54) is 16.9 Å². The van der Waals surface area contributed by atoms with Crippen LogP contribution in [0, 0.1) is 0 Å². The molecule has 0 saturated heterocycles. The molecule has 0 saturated carbocycles. The number of thioether (sulfide) groups is 1. The lowest BCUT2D eigenvalue weighted by atomic mass is 10.2. The predicted molar refractivity (Wildman–Crippen MR) is 84.3 cm³/mol. The molecule has 3 nitrogen and oxygen atoms in total. The fourth-order valence-corrected chi connectivity index (χ4v) is 3.71.